The number of Topliss-reactive ketones (excluding diaryl/α,β-unsaturated/α-hetero) is 1. The van der Waals surface area contributed by atoms with Crippen molar-refractivity contribution in [2.45, 2.75) is 20.3 Å². The minimum Gasteiger partial charge on any atom is -0.324 e. The summed E-state index contributed by atoms with van der Waals surface area (Å²) < 4.78 is 0. The Kier molecular flexibility index (Phi) is 6.17. The van der Waals surface area contributed by atoms with Crippen LogP contribution in [0.1, 0.15) is 29.3 Å². The van der Waals surface area contributed by atoms with Gasteiger partial charge in [0.2, 0.25) is 5.91 Å². The lowest BCUT2D eigenvalue weighted by atomic mass is 10.1. The first-order valence-electron chi connectivity index (χ1n) is 7.42. The number of ketones is 1. The zero-order chi connectivity index (χ0) is 18.6. The standard InChI is InChI=1S/C18H16Cl2N2O3/c1-10-7-13(19)4-6-15(10)22-18(25)12-3-5-14(20)16(9-12)21-17(24)8-11(2)23/h3-7,9H,8H2,1-2H3,(H,21,24)(H,22,25). The monoisotopic (exact) mass is 378 g/mol. The van der Waals surface area contributed by atoms with Crippen LogP contribution < -0.4 is 10.6 Å². The average molecular weight is 379 g/mol. The first-order chi connectivity index (χ1) is 11.8. The minimum absolute atomic E-state index is 0.253. The first kappa shape index (κ1) is 19.0. The van der Waals surface area contributed by atoms with Crippen molar-refractivity contribution in [3.05, 3.63) is 57.6 Å². The number of rotatable bonds is 5. The Morgan fingerprint density at radius 3 is 2.32 bits per heavy atom. The molecule has 0 bridgehead atoms. The number of hydrogen-bond acceptors (Lipinski definition) is 3. The molecule has 5 nitrogen and oxygen atoms in total. The molecule has 0 spiro atoms. The van der Waals surface area contributed by atoms with E-state index in [2.05, 4.69) is 10.6 Å². The van der Waals surface area contributed by atoms with Crippen LogP contribution in [-0.2, 0) is 9.59 Å². The fraction of sp³-hybridized carbons (Fsp3) is 0.167. The molecule has 0 unspecified atom stereocenters. The van der Waals surface area contributed by atoms with Gasteiger partial charge in [0.25, 0.3) is 5.91 Å². The van der Waals surface area contributed by atoms with Crippen molar-refractivity contribution in [3.63, 3.8) is 0 Å². The number of anilines is 2. The Bertz CT molecular complexity index is 850. The highest BCUT2D eigenvalue weighted by molar-refractivity contribution is 6.34. The molecule has 0 aliphatic heterocycles. The molecule has 2 rings (SSSR count). The van der Waals surface area contributed by atoms with Gasteiger partial charge in [-0.3, -0.25) is 14.4 Å². The zero-order valence-corrected chi connectivity index (χ0v) is 15.2. The van der Waals surface area contributed by atoms with Gasteiger partial charge in [-0.2, -0.15) is 0 Å². The lowest BCUT2D eigenvalue weighted by Crippen LogP contribution is -2.17. The van der Waals surface area contributed by atoms with Crippen LogP contribution in [0.15, 0.2) is 36.4 Å². The van der Waals surface area contributed by atoms with Gasteiger partial charge in [-0.05, 0) is 55.8 Å². The number of nitrogens with one attached hydrogen (secondary N) is 2. The van der Waals surface area contributed by atoms with Gasteiger partial charge >= 0.3 is 0 Å². The zero-order valence-electron chi connectivity index (χ0n) is 13.7. The molecule has 0 radical (unpaired) electrons. The number of carbonyl (C=O) groups excluding carboxylic acids is 3. The number of halogens is 2. The van der Waals surface area contributed by atoms with Gasteiger partial charge in [-0.1, -0.05) is 23.2 Å². The van der Waals surface area contributed by atoms with Crippen LogP contribution in [0.5, 0.6) is 0 Å². The number of hydrogen-bond donors (Lipinski definition) is 2. The van der Waals surface area contributed by atoms with Crippen LogP contribution in [0.2, 0.25) is 10.0 Å². The van der Waals surface area contributed by atoms with Crippen molar-refractivity contribution in [2.75, 3.05) is 10.6 Å². The van der Waals surface area contributed by atoms with Crippen LogP contribution in [0, 0.1) is 6.92 Å². The Morgan fingerprint density at radius 2 is 1.68 bits per heavy atom. The lowest BCUT2D eigenvalue weighted by Gasteiger charge is -2.11. The van der Waals surface area contributed by atoms with Crippen LogP contribution in [-0.4, -0.2) is 17.6 Å². The van der Waals surface area contributed by atoms with E-state index in [1.165, 1.54) is 19.1 Å². The molecule has 130 valence electrons. The van der Waals surface area contributed by atoms with Crippen molar-refractivity contribution in [1.29, 1.82) is 0 Å². The SMILES string of the molecule is CC(=O)CC(=O)Nc1cc(C(=O)Nc2ccc(Cl)cc2C)ccc1Cl. The van der Waals surface area contributed by atoms with Crippen LogP contribution in [0.3, 0.4) is 0 Å². The van der Waals surface area contributed by atoms with E-state index < -0.39 is 5.91 Å². The topological polar surface area (TPSA) is 75.3 Å². The molecule has 0 heterocycles. The first-order valence-corrected chi connectivity index (χ1v) is 8.18. The third-order valence-corrected chi connectivity index (χ3v) is 3.91. The highest BCUT2D eigenvalue weighted by Crippen LogP contribution is 2.25. The fourth-order valence-electron chi connectivity index (χ4n) is 2.14. The Morgan fingerprint density at radius 1 is 0.960 bits per heavy atom. The Hall–Kier alpha value is -2.37. The van der Waals surface area contributed by atoms with E-state index in [0.717, 1.165) is 5.56 Å². The third kappa shape index (κ3) is 5.31. The summed E-state index contributed by atoms with van der Waals surface area (Å²) in [4.78, 5) is 35.1. The Labute approximate surface area is 155 Å². The van der Waals surface area contributed by atoms with Crippen molar-refractivity contribution < 1.29 is 14.4 Å². The summed E-state index contributed by atoms with van der Waals surface area (Å²) >= 11 is 11.9. The Balaban J connectivity index is 2.18. The normalized spacial score (nSPS) is 10.2. The second kappa shape index (κ2) is 8.14. The van der Waals surface area contributed by atoms with Gasteiger partial charge in [0, 0.05) is 16.3 Å². The van der Waals surface area contributed by atoms with E-state index >= 15 is 0 Å². The van der Waals surface area contributed by atoms with Gasteiger partial charge in [0.05, 0.1) is 17.1 Å². The molecule has 0 aliphatic carbocycles. The third-order valence-electron chi connectivity index (χ3n) is 3.35. The van der Waals surface area contributed by atoms with Crippen molar-refractivity contribution in [1.82, 2.24) is 0 Å². The van der Waals surface area contributed by atoms with E-state index in [0.29, 0.717) is 16.3 Å². The number of amides is 2. The highest BCUT2D eigenvalue weighted by atomic mass is 35.5. The van der Waals surface area contributed by atoms with E-state index in [4.69, 9.17) is 23.2 Å². The summed E-state index contributed by atoms with van der Waals surface area (Å²) in [7, 11) is 0. The maximum atomic E-state index is 12.4. The summed E-state index contributed by atoms with van der Waals surface area (Å²) in [5, 5.41) is 6.16. The number of benzene rings is 2. The maximum Gasteiger partial charge on any atom is 0.255 e. The molecule has 2 aromatic rings. The molecule has 7 heteroatoms. The predicted octanol–water partition coefficient (Wildman–Crippen LogP) is 4.47. The summed E-state index contributed by atoms with van der Waals surface area (Å²) in [5.41, 5.74) is 2.04. The van der Waals surface area contributed by atoms with E-state index in [9.17, 15) is 14.4 Å². The van der Waals surface area contributed by atoms with Crippen LogP contribution in [0.25, 0.3) is 0 Å². The lowest BCUT2D eigenvalue weighted by molar-refractivity contribution is -0.124. The molecule has 2 amide bonds. The largest absolute Gasteiger partial charge is 0.324 e. The molecule has 0 aromatic heterocycles. The van der Waals surface area contributed by atoms with Crippen molar-refractivity contribution >= 4 is 52.2 Å². The number of aryl methyl sites for hydroxylation is 1. The second-order valence-corrected chi connectivity index (χ2v) is 6.38. The molecule has 0 fully saturated rings. The quantitative estimate of drug-likeness (QED) is 0.753. The van der Waals surface area contributed by atoms with Crippen molar-refractivity contribution in [2.24, 2.45) is 0 Å². The second-order valence-electron chi connectivity index (χ2n) is 5.53. The van der Waals surface area contributed by atoms with E-state index in [1.54, 1.807) is 24.3 Å². The molecule has 0 saturated carbocycles. The van der Waals surface area contributed by atoms with Crippen LogP contribution >= 0.6 is 23.2 Å². The minimum atomic E-state index is -0.486. The predicted molar refractivity (Wildman–Crippen MR) is 99.5 cm³/mol. The molecule has 0 saturated heterocycles. The van der Waals surface area contributed by atoms with Gasteiger partial charge in [0.15, 0.2) is 0 Å². The van der Waals surface area contributed by atoms with Gasteiger partial charge in [0.1, 0.15) is 5.78 Å². The summed E-state index contributed by atoms with van der Waals surface area (Å²) in [5.74, 6) is -1.11. The van der Waals surface area contributed by atoms with Gasteiger partial charge in [-0.15, -0.1) is 0 Å². The van der Waals surface area contributed by atoms with E-state index in [1.807, 2.05) is 6.92 Å². The molecule has 2 aromatic carbocycles. The molecular weight excluding hydrogens is 363 g/mol. The smallest absolute Gasteiger partial charge is 0.255 e. The van der Waals surface area contributed by atoms with Gasteiger partial charge in [-0.25, -0.2) is 0 Å². The van der Waals surface area contributed by atoms with Crippen molar-refractivity contribution in [3.8, 4) is 0 Å². The maximum absolute atomic E-state index is 12.4. The summed E-state index contributed by atoms with van der Waals surface area (Å²) in [6.07, 6.45) is -0.253. The molecule has 0 aliphatic rings. The van der Waals surface area contributed by atoms with Crippen LogP contribution in [0.4, 0.5) is 11.4 Å². The fourth-order valence-corrected chi connectivity index (χ4v) is 2.54. The molecule has 25 heavy (non-hydrogen) atoms. The van der Waals surface area contributed by atoms with Gasteiger partial charge < -0.3 is 10.6 Å². The summed E-state index contributed by atoms with van der Waals surface area (Å²) in [6.45, 7) is 3.15. The number of carbonyl (C=O) groups is 3. The van der Waals surface area contributed by atoms with E-state index in [-0.39, 0.29) is 28.8 Å². The highest BCUT2D eigenvalue weighted by Gasteiger charge is 2.13. The molecule has 2 N–H and O–H groups in total. The summed E-state index contributed by atoms with van der Waals surface area (Å²) in [6, 6.07) is 9.64. The molecular formula is C18H16Cl2N2O3. The average Bonchev–Trinajstić information content (AvgIpc) is 2.51. The molecule has 0 atom stereocenters.